The summed E-state index contributed by atoms with van der Waals surface area (Å²) in [4.78, 5) is 11.9. The molecule has 27 heavy (non-hydrogen) atoms. The fourth-order valence-electron chi connectivity index (χ4n) is 2.23. The lowest BCUT2D eigenvalue weighted by molar-refractivity contribution is 0.0948. The molecule has 2 aromatic carbocycles. The lowest BCUT2D eigenvalue weighted by Gasteiger charge is -2.09. The van der Waals surface area contributed by atoms with E-state index in [-0.39, 0.29) is 28.1 Å². The normalized spacial score (nSPS) is 11.2. The number of hydrogen-bond acceptors (Lipinski definition) is 4. The number of sulfonamides is 1. The second-order valence-electron chi connectivity index (χ2n) is 5.52. The molecule has 0 aliphatic rings. The molecular weight excluding hydrogens is 395 g/mol. The van der Waals surface area contributed by atoms with Crippen LogP contribution in [-0.4, -0.2) is 14.3 Å². The number of amides is 1. The molecule has 3 aromatic rings. The number of rotatable bonds is 6. The third kappa shape index (κ3) is 4.66. The van der Waals surface area contributed by atoms with E-state index in [2.05, 4.69) is 10.0 Å². The minimum Gasteiger partial charge on any atom is -0.467 e. The summed E-state index contributed by atoms with van der Waals surface area (Å²) in [5, 5.41) is 2.39. The molecular formula is C18H14ClFN2O4S. The number of hydrogen-bond donors (Lipinski definition) is 2. The predicted octanol–water partition coefficient (Wildman–Crippen LogP) is 3.80. The highest BCUT2D eigenvalue weighted by Crippen LogP contribution is 2.22. The van der Waals surface area contributed by atoms with E-state index >= 15 is 0 Å². The van der Waals surface area contributed by atoms with Gasteiger partial charge in [0, 0.05) is 11.3 Å². The Morgan fingerprint density at radius 2 is 1.85 bits per heavy atom. The lowest BCUT2D eigenvalue weighted by Crippen LogP contribution is -2.22. The van der Waals surface area contributed by atoms with Crippen molar-refractivity contribution in [3.05, 3.63) is 83.0 Å². The van der Waals surface area contributed by atoms with Crippen LogP contribution in [0.25, 0.3) is 0 Å². The van der Waals surface area contributed by atoms with Gasteiger partial charge in [-0.05, 0) is 54.6 Å². The fraction of sp³-hybridized carbons (Fsp3) is 0.0556. The number of carbonyl (C=O) groups is 1. The Balaban J connectivity index is 1.67. The van der Waals surface area contributed by atoms with Gasteiger partial charge in [0.25, 0.3) is 15.9 Å². The number of carbonyl (C=O) groups excluding carboxylic acids is 1. The van der Waals surface area contributed by atoms with Crippen LogP contribution in [0.2, 0.25) is 5.02 Å². The van der Waals surface area contributed by atoms with Crippen molar-refractivity contribution >= 4 is 33.2 Å². The molecule has 0 aliphatic carbocycles. The zero-order valence-corrected chi connectivity index (χ0v) is 15.4. The van der Waals surface area contributed by atoms with Gasteiger partial charge in [0.05, 0.1) is 22.7 Å². The summed E-state index contributed by atoms with van der Waals surface area (Å²) in [5.74, 6) is -0.419. The molecule has 1 aromatic heterocycles. The van der Waals surface area contributed by atoms with E-state index in [0.29, 0.717) is 11.3 Å². The van der Waals surface area contributed by atoms with E-state index < -0.39 is 15.8 Å². The largest absolute Gasteiger partial charge is 0.467 e. The minimum atomic E-state index is -3.94. The Kier molecular flexibility index (Phi) is 5.48. The van der Waals surface area contributed by atoms with Gasteiger partial charge in [-0.1, -0.05) is 11.6 Å². The van der Waals surface area contributed by atoms with E-state index in [1.165, 1.54) is 30.5 Å². The summed E-state index contributed by atoms with van der Waals surface area (Å²) in [6.45, 7) is 0.242. The van der Waals surface area contributed by atoms with Crippen LogP contribution in [0.1, 0.15) is 16.1 Å². The molecule has 140 valence electrons. The SMILES string of the molecule is O=C(NCc1ccco1)c1ccc(NS(=O)(=O)c2ccc(F)c(Cl)c2)cc1. The Morgan fingerprint density at radius 1 is 1.11 bits per heavy atom. The van der Waals surface area contributed by atoms with Crippen molar-refractivity contribution in [3.63, 3.8) is 0 Å². The third-order valence-electron chi connectivity index (χ3n) is 3.60. The average Bonchev–Trinajstić information content (AvgIpc) is 3.16. The van der Waals surface area contributed by atoms with Gasteiger partial charge in [0.2, 0.25) is 0 Å². The number of anilines is 1. The van der Waals surface area contributed by atoms with E-state index in [0.717, 1.165) is 18.2 Å². The quantitative estimate of drug-likeness (QED) is 0.649. The van der Waals surface area contributed by atoms with Gasteiger partial charge in [-0.25, -0.2) is 12.8 Å². The summed E-state index contributed by atoms with van der Waals surface area (Å²) in [7, 11) is -3.94. The first-order valence-corrected chi connectivity index (χ1v) is 9.60. The maximum Gasteiger partial charge on any atom is 0.261 e. The highest BCUT2D eigenvalue weighted by molar-refractivity contribution is 7.92. The lowest BCUT2D eigenvalue weighted by atomic mass is 10.2. The van der Waals surface area contributed by atoms with Crippen LogP contribution in [0.3, 0.4) is 0 Å². The maximum absolute atomic E-state index is 13.2. The molecule has 1 amide bonds. The van der Waals surface area contributed by atoms with Crippen LogP contribution in [0.4, 0.5) is 10.1 Å². The summed E-state index contributed by atoms with van der Waals surface area (Å²) in [6.07, 6.45) is 1.51. The molecule has 1 heterocycles. The van der Waals surface area contributed by atoms with Crippen LogP contribution in [0.5, 0.6) is 0 Å². The first-order chi connectivity index (χ1) is 12.8. The van der Waals surface area contributed by atoms with Crippen LogP contribution >= 0.6 is 11.6 Å². The summed E-state index contributed by atoms with van der Waals surface area (Å²) in [5.41, 5.74) is 0.604. The Bertz CT molecular complexity index is 1050. The van der Waals surface area contributed by atoms with Gasteiger partial charge >= 0.3 is 0 Å². The van der Waals surface area contributed by atoms with Gasteiger partial charge in [-0.2, -0.15) is 0 Å². The molecule has 0 radical (unpaired) electrons. The molecule has 0 saturated carbocycles. The summed E-state index contributed by atoms with van der Waals surface area (Å²) >= 11 is 5.63. The molecule has 0 aliphatic heterocycles. The fourth-order valence-corrected chi connectivity index (χ4v) is 3.56. The Hall–Kier alpha value is -2.84. The monoisotopic (exact) mass is 408 g/mol. The molecule has 6 nitrogen and oxygen atoms in total. The second kappa shape index (κ2) is 7.81. The van der Waals surface area contributed by atoms with Gasteiger partial charge in [0.15, 0.2) is 0 Å². The predicted molar refractivity (Wildman–Crippen MR) is 98.5 cm³/mol. The van der Waals surface area contributed by atoms with Crippen molar-refractivity contribution in [1.29, 1.82) is 0 Å². The molecule has 9 heteroatoms. The topological polar surface area (TPSA) is 88.4 Å². The molecule has 0 atom stereocenters. The Labute approximate surface area is 160 Å². The van der Waals surface area contributed by atoms with Crippen LogP contribution in [-0.2, 0) is 16.6 Å². The van der Waals surface area contributed by atoms with Crippen molar-refractivity contribution in [2.45, 2.75) is 11.4 Å². The molecule has 0 bridgehead atoms. The first-order valence-electron chi connectivity index (χ1n) is 7.74. The van der Waals surface area contributed by atoms with Gasteiger partial charge in [-0.15, -0.1) is 0 Å². The minimum absolute atomic E-state index is 0.172. The first kappa shape index (κ1) is 18.9. The van der Waals surface area contributed by atoms with Crippen LogP contribution in [0.15, 0.2) is 70.2 Å². The molecule has 0 spiro atoms. The molecule has 3 rings (SSSR count). The van der Waals surface area contributed by atoms with Gasteiger partial charge in [-0.3, -0.25) is 9.52 Å². The second-order valence-corrected chi connectivity index (χ2v) is 7.61. The standard InChI is InChI=1S/C18H14ClFN2O4S/c19-16-10-15(7-8-17(16)20)27(24,25)22-13-5-3-12(4-6-13)18(23)21-11-14-2-1-9-26-14/h1-10,22H,11H2,(H,21,23). The zero-order valence-electron chi connectivity index (χ0n) is 13.8. The average molecular weight is 409 g/mol. The number of nitrogens with one attached hydrogen (secondary N) is 2. The zero-order chi connectivity index (χ0) is 19.4. The van der Waals surface area contributed by atoms with E-state index in [4.69, 9.17) is 16.0 Å². The van der Waals surface area contributed by atoms with E-state index in [1.54, 1.807) is 12.1 Å². The van der Waals surface area contributed by atoms with Crippen molar-refractivity contribution in [2.24, 2.45) is 0 Å². The highest BCUT2D eigenvalue weighted by atomic mass is 35.5. The molecule has 0 fully saturated rings. The number of halogens is 2. The summed E-state index contributed by atoms with van der Waals surface area (Å²) < 4.78 is 45.3. The van der Waals surface area contributed by atoms with Crippen molar-refractivity contribution in [2.75, 3.05) is 4.72 Å². The van der Waals surface area contributed by atoms with E-state index in [1.807, 2.05) is 0 Å². The van der Waals surface area contributed by atoms with Crippen molar-refractivity contribution in [1.82, 2.24) is 5.32 Å². The van der Waals surface area contributed by atoms with Crippen LogP contribution < -0.4 is 10.0 Å². The van der Waals surface area contributed by atoms with Gasteiger partial charge < -0.3 is 9.73 Å². The van der Waals surface area contributed by atoms with Gasteiger partial charge in [0.1, 0.15) is 11.6 Å². The van der Waals surface area contributed by atoms with Crippen LogP contribution in [0, 0.1) is 5.82 Å². The number of furan rings is 1. The maximum atomic E-state index is 13.2. The summed E-state index contributed by atoms with van der Waals surface area (Å²) in [6, 6.07) is 12.4. The molecule has 0 saturated heterocycles. The van der Waals surface area contributed by atoms with Crippen molar-refractivity contribution < 1.29 is 22.0 Å². The third-order valence-corrected chi connectivity index (χ3v) is 5.27. The highest BCUT2D eigenvalue weighted by Gasteiger charge is 2.16. The smallest absolute Gasteiger partial charge is 0.261 e. The molecule has 2 N–H and O–H groups in total. The van der Waals surface area contributed by atoms with E-state index in [9.17, 15) is 17.6 Å². The Morgan fingerprint density at radius 3 is 2.48 bits per heavy atom. The molecule has 0 unspecified atom stereocenters. The van der Waals surface area contributed by atoms with Crippen molar-refractivity contribution in [3.8, 4) is 0 Å². The number of benzene rings is 2.